The van der Waals surface area contributed by atoms with Crippen molar-refractivity contribution >= 4 is 24.0 Å². The number of aryl methyl sites for hydroxylation is 1. The number of carboxylic acid groups (broad SMARTS) is 3. The molecule has 9 nitrogen and oxygen atoms in total. The van der Waals surface area contributed by atoms with Crippen LogP contribution >= 0.6 is 0 Å². The molecule has 0 fully saturated rings. The quantitative estimate of drug-likeness (QED) is 0.212. The summed E-state index contributed by atoms with van der Waals surface area (Å²) in [5, 5.41) is 33.8. The standard InChI is InChI=1S/C28H29NO.C6H8O7/c1-29(22-24-15-18-27-12-8-20-30-28(27)21-24)19-7-3-4-9-23-13-16-26(17-14-23)25-10-5-2-6-11-25;7-3(8)1-6(13,5(11)12)2-4(9)10/h2-7,9-11,13-18,21H,8,12,19-20,22H2,1H3;13H,1-2H2,(H,7,8)(H,9,10)(H,11,12)/b7-3+,9-4+;. The Morgan fingerprint density at radius 1 is 0.884 bits per heavy atom. The third-order valence-corrected chi connectivity index (χ3v) is 6.69. The Balaban J connectivity index is 0.000000331. The number of ether oxygens (including phenoxy) is 1. The van der Waals surface area contributed by atoms with Crippen molar-refractivity contribution in [1.82, 2.24) is 4.90 Å². The maximum atomic E-state index is 10.3. The second-order valence-electron chi connectivity index (χ2n) is 10.3. The lowest BCUT2D eigenvalue weighted by Crippen LogP contribution is -2.42. The lowest BCUT2D eigenvalue weighted by atomic mass is 9.96. The first kappa shape index (κ1) is 32.8. The Bertz CT molecular complexity index is 1410. The van der Waals surface area contributed by atoms with Gasteiger partial charge in [0, 0.05) is 13.1 Å². The van der Waals surface area contributed by atoms with Crippen molar-refractivity contribution in [3.05, 3.63) is 108 Å². The van der Waals surface area contributed by atoms with Crippen molar-refractivity contribution in [2.24, 2.45) is 0 Å². The van der Waals surface area contributed by atoms with Crippen LogP contribution in [-0.2, 0) is 27.3 Å². The molecule has 1 heterocycles. The number of allylic oxidation sites excluding steroid dienone is 2. The minimum absolute atomic E-state index is 0.844. The average molecular weight is 588 g/mol. The Morgan fingerprint density at radius 3 is 2.16 bits per heavy atom. The number of fused-ring (bicyclic) bond motifs is 1. The van der Waals surface area contributed by atoms with Gasteiger partial charge in [-0.15, -0.1) is 0 Å². The zero-order valence-electron chi connectivity index (χ0n) is 24.1. The first-order valence-electron chi connectivity index (χ1n) is 13.9. The van der Waals surface area contributed by atoms with Gasteiger partial charge in [-0.25, -0.2) is 4.79 Å². The van der Waals surface area contributed by atoms with Crippen molar-refractivity contribution in [3.63, 3.8) is 0 Å². The van der Waals surface area contributed by atoms with Gasteiger partial charge in [0.25, 0.3) is 0 Å². The predicted octanol–water partition coefficient (Wildman–Crippen LogP) is 5.13. The van der Waals surface area contributed by atoms with Crippen LogP contribution in [0.1, 0.15) is 36.0 Å². The first-order chi connectivity index (χ1) is 20.6. The second-order valence-corrected chi connectivity index (χ2v) is 10.3. The van der Waals surface area contributed by atoms with Gasteiger partial charge in [0.2, 0.25) is 0 Å². The number of aliphatic hydroxyl groups is 1. The number of carboxylic acids is 3. The Labute approximate surface area is 251 Å². The van der Waals surface area contributed by atoms with Crippen LogP contribution in [0, 0.1) is 0 Å². The Hall–Kier alpha value is -4.73. The molecular formula is C34H37NO8. The summed E-state index contributed by atoms with van der Waals surface area (Å²) in [5.41, 5.74) is 3.62. The molecule has 0 bridgehead atoms. The second kappa shape index (κ2) is 16.1. The molecule has 0 saturated heterocycles. The molecular weight excluding hydrogens is 550 g/mol. The topological polar surface area (TPSA) is 145 Å². The van der Waals surface area contributed by atoms with Crippen LogP contribution in [0.5, 0.6) is 5.75 Å². The summed E-state index contributed by atoms with van der Waals surface area (Å²) < 4.78 is 5.79. The first-order valence-corrected chi connectivity index (χ1v) is 13.9. The molecule has 3 aromatic carbocycles. The lowest BCUT2D eigenvalue weighted by Gasteiger charge is -2.20. The van der Waals surface area contributed by atoms with Crippen LogP contribution in [0.4, 0.5) is 0 Å². The van der Waals surface area contributed by atoms with E-state index in [1.165, 1.54) is 27.8 Å². The van der Waals surface area contributed by atoms with E-state index in [4.69, 9.17) is 25.2 Å². The monoisotopic (exact) mass is 587 g/mol. The van der Waals surface area contributed by atoms with Crippen LogP contribution in [0.2, 0.25) is 0 Å². The molecule has 0 saturated carbocycles. The van der Waals surface area contributed by atoms with Crippen LogP contribution in [0.3, 0.4) is 0 Å². The summed E-state index contributed by atoms with van der Waals surface area (Å²) in [6.07, 6.45) is 8.55. The van der Waals surface area contributed by atoms with Gasteiger partial charge in [-0.05, 0) is 53.8 Å². The highest BCUT2D eigenvalue weighted by Gasteiger charge is 2.40. The number of benzene rings is 3. The normalized spacial score (nSPS) is 12.8. The number of hydrogen-bond acceptors (Lipinski definition) is 6. The minimum atomic E-state index is -2.74. The van der Waals surface area contributed by atoms with Crippen LogP contribution in [0.25, 0.3) is 17.2 Å². The highest BCUT2D eigenvalue weighted by Crippen LogP contribution is 2.26. The maximum absolute atomic E-state index is 10.3. The zero-order valence-corrected chi connectivity index (χ0v) is 24.1. The molecule has 43 heavy (non-hydrogen) atoms. The third-order valence-electron chi connectivity index (χ3n) is 6.69. The van der Waals surface area contributed by atoms with E-state index in [-0.39, 0.29) is 0 Å². The number of hydrogen-bond donors (Lipinski definition) is 4. The van der Waals surface area contributed by atoms with E-state index in [9.17, 15) is 14.4 Å². The summed E-state index contributed by atoms with van der Waals surface area (Å²) in [4.78, 5) is 32.8. The molecule has 3 aromatic rings. The molecule has 0 radical (unpaired) electrons. The van der Waals surface area contributed by atoms with E-state index in [0.29, 0.717) is 0 Å². The van der Waals surface area contributed by atoms with Gasteiger partial charge in [-0.1, -0.05) is 91.0 Å². The summed E-state index contributed by atoms with van der Waals surface area (Å²) in [7, 11) is 2.15. The summed E-state index contributed by atoms with van der Waals surface area (Å²) in [6.45, 7) is 2.68. The van der Waals surface area contributed by atoms with E-state index in [1.807, 2.05) is 6.07 Å². The van der Waals surface area contributed by atoms with E-state index in [2.05, 4.69) is 103 Å². The number of likely N-dealkylation sites (N-methyl/N-ethyl adjacent to an activating group) is 1. The number of rotatable bonds is 12. The summed E-state index contributed by atoms with van der Waals surface area (Å²) in [6, 6.07) is 25.8. The summed E-state index contributed by atoms with van der Waals surface area (Å²) in [5.74, 6) is -3.95. The highest BCUT2D eigenvalue weighted by molar-refractivity contribution is 5.88. The minimum Gasteiger partial charge on any atom is -0.493 e. The van der Waals surface area contributed by atoms with Gasteiger partial charge in [-0.3, -0.25) is 14.5 Å². The van der Waals surface area contributed by atoms with E-state index >= 15 is 0 Å². The van der Waals surface area contributed by atoms with Gasteiger partial charge in [0.15, 0.2) is 5.60 Å². The van der Waals surface area contributed by atoms with Crippen molar-refractivity contribution in [1.29, 1.82) is 0 Å². The molecule has 226 valence electrons. The highest BCUT2D eigenvalue weighted by atomic mass is 16.5. The van der Waals surface area contributed by atoms with E-state index in [1.54, 1.807) is 0 Å². The number of carbonyl (C=O) groups is 3. The smallest absolute Gasteiger partial charge is 0.336 e. The fraction of sp³-hybridized carbons (Fsp3) is 0.265. The van der Waals surface area contributed by atoms with Crippen molar-refractivity contribution in [2.75, 3.05) is 20.2 Å². The molecule has 0 unspecified atom stereocenters. The molecule has 0 amide bonds. The molecule has 0 aromatic heterocycles. The zero-order chi connectivity index (χ0) is 31.2. The lowest BCUT2D eigenvalue weighted by molar-refractivity contribution is -0.170. The number of aliphatic carboxylic acids is 3. The molecule has 9 heteroatoms. The molecule has 4 rings (SSSR count). The largest absolute Gasteiger partial charge is 0.493 e. The Kier molecular flexibility index (Phi) is 12.2. The summed E-state index contributed by atoms with van der Waals surface area (Å²) >= 11 is 0. The SMILES string of the molecule is CN(C/C=C/C=C/c1ccc(-c2ccccc2)cc1)Cc1ccc2c(c1)OCCC2.O=C(O)CC(O)(CC(=O)O)C(=O)O. The predicted molar refractivity (Wildman–Crippen MR) is 164 cm³/mol. The molecule has 0 aliphatic carbocycles. The molecule has 0 atom stereocenters. The third kappa shape index (κ3) is 10.9. The van der Waals surface area contributed by atoms with Crippen LogP contribution in [0.15, 0.2) is 91.0 Å². The van der Waals surface area contributed by atoms with E-state index < -0.39 is 36.4 Å². The van der Waals surface area contributed by atoms with Crippen LogP contribution < -0.4 is 4.74 Å². The van der Waals surface area contributed by atoms with Gasteiger partial charge in [0.1, 0.15) is 5.75 Å². The van der Waals surface area contributed by atoms with E-state index in [0.717, 1.165) is 38.3 Å². The molecule has 1 aliphatic heterocycles. The average Bonchev–Trinajstić information content (AvgIpc) is 2.97. The Morgan fingerprint density at radius 2 is 1.53 bits per heavy atom. The van der Waals surface area contributed by atoms with Gasteiger partial charge < -0.3 is 25.2 Å². The van der Waals surface area contributed by atoms with Gasteiger partial charge in [0.05, 0.1) is 19.4 Å². The fourth-order valence-electron chi connectivity index (χ4n) is 4.48. The van der Waals surface area contributed by atoms with Crippen LogP contribution in [-0.4, -0.2) is 69.0 Å². The van der Waals surface area contributed by atoms with Crippen molar-refractivity contribution in [3.8, 4) is 16.9 Å². The van der Waals surface area contributed by atoms with Gasteiger partial charge >= 0.3 is 17.9 Å². The van der Waals surface area contributed by atoms with Crippen molar-refractivity contribution in [2.45, 2.75) is 37.8 Å². The fourth-order valence-corrected chi connectivity index (χ4v) is 4.48. The molecule has 0 spiro atoms. The number of nitrogens with zero attached hydrogens (tertiary/aromatic N) is 1. The maximum Gasteiger partial charge on any atom is 0.336 e. The molecule has 1 aliphatic rings. The van der Waals surface area contributed by atoms with Crippen molar-refractivity contribution < 1.29 is 39.5 Å². The molecule has 4 N–H and O–H groups in total. The van der Waals surface area contributed by atoms with Gasteiger partial charge in [-0.2, -0.15) is 0 Å².